The largest absolute Gasteiger partial charge is 0.494 e. The Labute approximate surface area is 144 Å². The van der Waals surface area contributed by atoms with Gasteiger partial charge in [0.05, 0.1) is 18.7 Å². The van der Waals surface area contributed by atoms with Crippen LogP contribution in [0.5, 0.6) is 5.75 Å². The van der Waals surface area contributed by atoms with Crippen LogP contribution in [0.4, 0.5) is 4.39 Å². The van der Waals surface area contributed by atoms with Crippen molar-refractivity contribution in [2.75, 3.05) is 7.11 Å². The summed E-state index contributed by atoms with van der Waals surface area (Å²) in [6, 6.07) is 7.65. The number of pyridine rings is 1. The number of hydrogen-bond donors (Lipinski definition) is 1. The lowest BCUT2D eigenvalue weighted by Crippen LogP contribution is -2.26. The standard InChI is InChI=1S/C18H17FN4O2/c1-12(13-3-5-16(25-2)15(19)9-13)22-18(24)14-4-6-17(21-10-14)23-8-7-20-11-23/h3-12H,1-2H3,(H,22,24). The predicted molar refractivity (Wildman–Crippen MR) is 90.2 cm³/mol. The third-order valence-corrected chi connectivity index (χ3v) is 3.80. The number of hydrogen-bond acceptors (Lipinski definition) is 4. The maximum Gasteiger partial charge on any atom is 0.253 e. The molecule has 0 aliphatic carbocycles. The Kier molecular flexibility index (Phi) is 4.74. The van der Waals surface area contributed by atoms with Crippen LogP contribution in [0.3, 0.4) is 0 Å². The maximum atomic E-state index is 13.8. The highest BCUT2D eigenvalue weighted by Gasteiger charge is 2.14. The molecule has 25 heavy (non-hydrogen) atoms. The first-order valence-electron chi connectivity index (χ1n) is 7.67. The molecule has 0 radical (unpaired) electrons. The molecule has 6 nitrogen and oxygen atoms in total. The number of carbonyl (C=O) groups is 1. The second kappa shape index (κ2) is 7.12. The normalized spacial score (nSPS) is 11.8. The second-order valence-corrected chi connectivity index (χ2v) is 5.46. The van der Waals surface area contributed by atoms with Gasteiger partial charge in [0.15, 0.2) is 11.6 Å². The average molecular weight is 340 g/mol. The van der Waals surface area contributed by atoms with Crippen molar-refractivity contribution in [2.24, 2.45) is 0 Å². The van der Waals surface area contributed by atoms with Crippen LogP contribution >= 0.6 is 0 Å². The molecule has 0 saturated heterocycles. The van der Waals surface area contributed by atoms with Gasteiger partial charge in [-0.1, -0.05) is 6.07 Å². The summed E-state index contributed by atoms with van der Waals surface area (Å²) < 4.78 is 20.4. The molecule has 0 aliphatic rings. The van der Waals surface area contributed by atoms with E-state index >= 15 is 0 Å². The van der Waals surface area contributed by atoms with Crippen LogP contribution in [0, 0.1) is 5.82 Å². The molecule has 0 saturated carbocycles. The number of aromatic nitrogens is 3. The number of methoxy groups -OCH3 is 1. The minimum atomic E-state index is -0.465. The summed E-state index contributed by atoms with van der Waals surface area (Å²) in [5, 5.41) is 2.83. The Hall–Kier alpha value is -3.22. The lowest BCUT2D eigenvalue weighted by atomic mass is 10.1. The van der Waals surface area contributed by atoms with E-state index in [1.165, 1.54) is 25.4 Å². The molecule has 0 spiro atoms. The smallest absolute Gasteiger partial charge is 0.253 e. The summed E-state index contributed by atoms with van der Waals surface area (Å²) in [5.74, 6) is 0.0850. The molecule has 0 fully saturated rings. The lowest BCUT2D eigenvalue weighted by Gasteiger charge is -2.15. The minimum absolute atomic E-state index is 0.168. The molecule has 128 valence electrons. The van der Waals surface area contributed by atoms with Crippen molar-refractivity contribution in [3.63, 3.8) is 0 Å². The van der Waals surface area contributed by atoms with E-state index in [2.05, 4.69) is 15.3 Å². The number of imidazole rings is 1. The van der Waals surface area contributed by atoms with E-state index in [9.17, 15) is 9.18 Å². The third-order valence-electron chi connectivity index (χ3n) is 3.80. The van der Waals surface area contributed by atoms with E-state index < -0.39 is 5.82 Å². The summed E-state index contributed by atoms with van der Waals surface area (Å²) in [6.45, 7) is 1.78. The van der Waals surface area contributed by atoms with Crippen LogP contribution in [0.25, 0.3) is 5.82 Å². The number of nitrogens with zero attached hydrogens (tertiary/aromatic N) is 3. The van der Waals surface area contributed by atoms with Gasteiger partial charge in [0, 0.05) is 18.6 Å². The fraction of sp³-hybridized carbons (Fsp3) is 0.167. The fourth-order valence-electron chi connectivity index (χ4n) is 2.38. The van der Waals surface area contributed by atoms with Crippen molar-refractivity contribution in [1.82, 2.24) is 19.9 Å². The highest BCUT2D eigenvalue weighted by atomic mass is 19.1. The van der Waals surface area contributed by atoms with E-state index in [0.29, 0.717) is 16.9 Å². The fourth-order valence-corrected chi connectivity index (χ4v) is 2.38. The van der Waals surface area contributed by atoms with Crippen LogP contribution in [-0.4, -0.2) is 27.6 Å². The zero-order valence-electron chi connectivity index (χ0n) is 13.8. The van der Waals surface area contributed by atoms with Crippen LogP contribution in [0.15, 0.2) is 55.2 Å². The van der Waals surface area contributed by atoms with E-state index in [1.54, 1.807) is 48.4 Å². The zero-order valence-corrected chi connectivity index (χ0v) is 13.8. The molecule has 2 heterocycles. The van der Waals surface area contributed by atoms with Crippen LogP contribution in [-0.2, 0) is 0 Å². The number of ether oxygens (including phenoxy) is 1. The van der Waals surface area contributed by atoms with E-state index in [1.807, 2.05) is 0 Å². The van der Waals surface area contributed by atoms with Crippen molar-refractivity contribution in [3.8, 4) is 11.6 Å². The molecule has 0 aliphatic heterocycles. The van der Waals surface area contributed by atoms with E-state index in [0.717, 1.165) is 0 Å². The maximum absolute atomic E-state index is 13.8. The quantitative estimate of drug-likeness (QED) is 0.775. The Morgan fingerprint density at radius 3 is 2.76 bits per heavy atom. The molecule has 1 atom stereocenters. The van der Waals surface area contributed by atoms with Crippen LogP contribution in [0.2, 0.25) is 0 Å². The van der Waals surface area contributed by atoms with Gasteiger partial charge < -0.3 is 10.1 Å². The van der Waals surface area contributed by atoms with Gasteiger partial charge in [-0.15, -0.1) is 0 Å². The van der Waals surface area contributed by atoms with Gasteiger partial charge in [-0.05, 0) is 36.8 Å². The van der Waals surface area contributed by atoms with Gasteiger partial charge in [0.1, 0.15) is 12.1 Å². The molecule has 1 aromatic carbocycles. The first-order valence-corrected chi connectivity index (χ1v) is 7.67. The highest BCUT2D eigenvalue weighted by molar-refractivity contribution is 5.94. The Morgan fingerprint density at radius 2 is 2.16 bits per heavy atom. The molecule has 1 amide bonds. The third kappa shape index (κ3) is 3.65. The molecule has 7 heteroatoms. The van der Waals surface area contributed by atoms with Crippen LogP contribution < -0.4 is 10.1 Å². The SMILES string of the molecule is COc1ccc(C(C)NC(=O)c2ccc(-n3ccnc3)nc2)cc1F. The van der Waals surface area contributed by atoms with Crippen molar-refractivity contribution < 1.29 is 13.9 Å². The monoisotopic (exact) mass is 340 g/mol. The van der Waals surface area contributed by atoms with Crippen molar-refractivity contribution >= 4 is 5.91 Å². The Balaban J connectivity index is 1.70. The predicted octanol–water partition coefficient (Wildman–Crippen LogP) is 2.91. The summed E-state index contributed by atoms with van der Waals surface area (Å²) in [7, 11) is 1.41. The number of halogens is 1. The average Bonchev–Trinajstić information content (AvgIpc) is 3.16. The molecule has 2 aromatic heterocycles. The number of rotatable bonds is 5. The van der Waals surface area contributed by atoms with Gasteiger partial charge in [0.2, 0.25) is 0 Å². The second-order valence-electron chi connectivity index (χ2n) is 5.46. The Morgan fingerprint density at radius 1 is 1.32 bits per heavy atom. The summed E-state index contributed by atoms with van der Waals surface area (Å²) in [5.41, 5.74) is 1.07. The Bertz CT molecular complexity index is 863. The van der Waals surface area contributed by atoms with Crippen LogP contribution in [0.1, 0.15) is 28.9 Å². The van der Waals surface area contributed by atoms with Gasteiger partial charge in [-0.25, -0.2) is 14.4 Å². The number of benzene rings is 1. The van der Waals surface area contributed by atoms with Gasteiger partial charge >= 0.3 is 0 Å². The van der Waals surface area contributed by atoms with Crippen molar-refractivity contribution in [2.45, 2.75) is 13.0 Å². The van der Waals surface area contributed by atoms with Crippen molar-refractivity contribution in [3.05, 3.63) is 72.2 Å². The number of amides is 1. The molecule has 0 bridgehead atoms. The zero-order chi connectivity index (χ0) is 17.8. The van der Waals surface area contributed by atoms with E-state index in [-0.39, 0.29) is 17.7 Å². The summed E-state index contributed by atoms with van der Waals surface area (Å²) in [4.78, 5) is 20.5. The number of carbonyl (C=O) groups excluding carboxylic acids is 1. The van der Waals surface area contributed by atoms with Gasteiger partial charge in [-0.2, -0.15) is 0 Å². The van der Waals surface area contributed by atoms with Gasteiger partial charge in [-0.3, -0.25) is 9.36 Å². The van der Waals surface area contributed by atoms with Gasteiger partial charge in [0.25, 0.3) is 5.91 Å². The molecular weight excluding hydrogens is 323 g/mol. The van der Waals surface area contributed by atoms with E-state index in [4.69, 9.17) is 4.74 Å². The minimum Gasteiger partial charge on any atom is -0.494 e. The first-order chi connectivity index (χ1) is 12.1. The lowest BCUT2D eigenvalue weighted by molar-refractivity contribution is 0.0939. The summed E-state index contributed by atoms with van der Waals surface area (Å²) >= 11 is 0. The van der Waals surface area contributed by atoms with Crippen molar-refractivity contribution in [1.29, 1.82) is 0 Å². The molecule has 3 aromatic rings. The topological polar surface area (TPSA) is 69.0 Å². The highest BCUT2D eigenvalue weighted by Crippen LogP contribution is 2.22. The molecule has 3 rings (SSSR count). The molecular formula is C18H17FN4O2. The first kappa shape index (κ1) is 16.6. The molecule has 1 unspecified atom stereocenters. The summed E-state index contributed by atoms with van der Waals surface area (Å²) in [6.07, 6.45) is 6.54. The molecule has 1 N–H and O–H groups in total. The number of nitrogens with one attached hydrogen (secondary N) is 1.